The minimum Gasteiger partial charge on any atom is -0.491 e. The van der Waals surface area contributed by atoms with Crippen molar-refractivity contribution >= 4 is 0 Å². The molecule has 0 amide bonds. The minimum absolute atomic E-state index is 0.121. The zero-order valence-corrected chi connectivity index (χ0v) is 15.4. The number of ether oxygens (including phenoxy) is 3. The van der Waals surface area contributed by atoms with Crippen molar-refractivity contribution in [1.82, 2.24) is 5.32 Å². The Labute approximate surface area is 154 Å². The largest absolute Gasteiger partial charge is 0.491 e. The first kappa shape index (κ1) is 18.8. The molecule has 2 aromatic rings. The average Bonchev–Trinajstić information content (AvgIpc) is 2.63. The third-order valence-electron chi connectivity index (χ3n) is 4.29. The molecule has 140 valence electrons. The van der Waals surface area contributed by atoms with Gasteiger partial charge < -0.3 is 19.5 Å². The molecular weight excluding hydrogens is 333 g/mol. The summed E-state index contributed by atoms with van der Waals surface area (Å²) in [6.45, 7) is 7.30. The molecule has 3 atom stereocenters. The van der Waals surface area contributed by atoms with E-state index in [-0.39, 0.29) is 24.1 Å². The van der Waals surface area contributed by atoms with E-state index in [0.717, 1.165) is 23.4 Å². The number of hydrogen-bond acceptors (Lipinski definition) is 4. The molecule has 0 spiro atoms. The predicted octanol–water partition coefficient (Wildman–Crippen LogP) is 4.38. The fourth-order valence-corrected chi connectivity index (χ4v) is 3.04. The predicted molar refractivity (Wildman–Crippen MR) is 98.6 cm³/mol. The molecule has 0 bridgehead atoms. The molecule has 5 heteroatoms. The van der Waals surface area contributed by atoms with Gasteiger partial charge in [0.1, 0.15) is 11.6 Å². The Bertz CT molecular complexity index is 705. The lowest BCUT2D eigenvalue weighted by Crippen LogP contribution is -2.43. The van der Waals surface area contributed by atoms with Gasteiger partial charge in [0, 0.05) is 6.54 Å². The second kappa shape index (κ2) is 8.62. The molecule has 1 N–H and O–H groups in total. The molecule has 0 saturated carbocycles. The first-order chi connectivity index (χ1) is 12.5. The van der Waals surface area contributed by atoms with E-state index >= 15 is 0 Å². The van der Waals surface area contributed by atoms with Gasteiger partial charge in [0.15, 0.2) is 6.29 Å². The van der Waals surface area contributed by atoms with Crippen molar-refractivity contribution in [1.29, 1.82) is 0 Å². The Kier molecular flexibility index (Phi) is 6.25. The van der Waals surface area contributed by atoms with Crippen LogP contribution in [0.1, 0.15) is 44.0 Å². The first-order valence-electron chi connectivity index (χ1n) is 9.05. The standard InChI is InChI=1S/C21H26FNO3/c1-14(2)25-19-6-4-5-17(13-19)15(3)26-21-20(23-11-12-24-21)16-7-9-18(22)10-8-16/h4-10,13-15,20-21,23H,11-12H2,1-3H3/t15-,20+,21-/m1/s1. The topological polar surface area (TPSA) is 39.7 Å². The fourth-order valence-electron chi connectivity index (χ4n) is 3.04. The van der Waals surface area contributed by atoms with E-state index in [1.807, 2.05) is 45.0 Å². The van der Waals surface area contributed by atoms with E-state index in [4.69, 9.17) is 14.2 Å². The summed E-state index contributed by atoms with van der Waals surface area (Å²) in [5, 5.41) is 3.40. The normalized spacial score (nSPS) is 21.6. The number of rotatable bonds is 6. The van der Waals surface area contributed by atoms with Crippen molar-refractivity contribution in [3.63, 3.8) is 0 Å². The molecule has 4 nitrogen and oxygen atoms in total. The van der Waals surface area contributed by atoms with Gasteiger partial charge in [-0.25, -0.2) is 4.39 Å². The number of benzene rings is 2. The maximum atomic E-state index is 13.2. The SMILES string of the molecule is CC(C)Oc1cccc([C@@H](C)O[C@H]2OCCN[C@H]2c2ccc(F)cc2)c1. The molecule has 1 aliphatic heterocycles. The first-order valence-corrected chi connectivity index (χ1v) is 9.05. The maximum absolute atomic E-state index is 13.2. The van der Waals surface area contributed by atoms with Crippen LogP contribution < -0.4 is 10.1 Å². The Hall–Kier alpha value is -1.95. The van der Waals surface area contributed by atoms with Crippen LogP contribution in [0.4, 0.5) is 4.39 Å². The zero-order valence-electron chi connectivity index (χ0n) is 15.4. The Morgan fingerprint density at radius 2 is 1.88 bits per heavy atom. The molecule has 1 saturated heterocycles. The summed E-state index contributed by atoms with van der Waals surface area (Å²) in [5.41, 5.74) is 1.97. The van der Waals surface area contributed by atoms with Gasteiger partial charge in [-0.05, 0) is 56.2 Å². The molecule has 0 radical (unpaired) electrons. The van der Waals surface area contributed by atoms with Crippen molar-refractivity contribution < 1.29 is 18.6 Å². The van der Waals surface area contributed by atoms with Crippen molar-refractivity contribution in [2.75, 3.05) is 13.2 Å². The third kappa shape index (κ3) is 4.81. The van der Waals surface area contributed by atoms with Gasteiger partial charge in [-0.3, -0.25) is 0 Å². The number of morpholine rings is 1. The van der Waals surface area contributed by atoms with Crippen LogP contribution in [0.3, 0.4) is 0 Å². The third-order valence-corrected chi connectivity index (χ3v) is 4.29. The van der Waals surface area contributed by atoms with Crippen LogP contribution >= 0.6 is 0 Å². The van der Waals surface area contributed by atoms with Gasteiger partial charge in [0.25, 0.3) is 0 Å². The van der Waals surface area contributed by atoms with Crippen molar-refractivity contribution in [2.24, 2.45) is 0 Å². The van der Waals surface area contributed by atoms with Crippen LogP contribution in [0.15, 0.2) is 48.5 Å². The Morgan fingerprint density at radius 3 is 2.62 bits per heavy atom. The molecule has 1 heterocycles. The molecule has 2 aromatic carbocycles. The van der Waals surface area contributed by atoms with E-state index < -0.39 is 6.29 Å². The second-order valence-corrected chi connectivity index (χ2v) is 6.74. The lowest BCUT2D eigenvalue weighted by Gasteiger charge is -2.34. The van der Waals surface area contributed by atoms with E-state index in [1.165, 1.54) is 12.1 Å². The quantitative estimate of drug-likeness (QED) is 0.831. The highest BCUT2D eigenvalue weighted by atomic mass is 19.1. The molecule has 0 unspecified atom stereocenters. The van der Waals surface area contributed by atoms with E-state index in [0.29, 0.717) is 6.61 Å². The zero-order chi connectivity index (χ0) is 18.5. The highest BCUT2D eigenvalue weighted by molar-refractivity contribution is 5.30. The summed E-state index contributed by atoms with van der Waals surface area (Å²) in [7, 11) is 0. The van der Waals surface area contributed by atoms with Crippen molar-refractivity contribution in [3.05, 3.63) is 65.5 Å². The lowest BCUT2D eigenvalue weighted by atomic mass is 10.0. The molecule has 0 aromatic heterocycles. The number of halogens is 1. The van der Waals surface area contributed by atoms with Gasteiger partial charge in [-0.2, -0.15) is 0 Å². The Morgan fingerprint density at radius 1 is 1.12 bits per heavy atom. The highest BCUT2D eigenvalue weighted by Gasteiger charge is 2.29. The average molecular weight is 359 g/mol. The summed E-state index contributed by atoms with van der Waals surface area (Å²) in [6.07, 6.45) is -0.493. The molecule has 26 heavy (non-hydrogen) atoms. The summed E-state index contributed by atoms with van der Waals surface area (Å²) >= 11 is 0. The summed E-state index contributed by atoms with van der Waals surface area (Å²) in [6, 6.07) is 14.2. The van der Waals surface area contributed by atoms with Gasteiger partial charge in [-0.15, -0.1) is 0 Å². The summed E-state index contributed by atoms with van der Waals surface area (Å²) in [4.78, 5) is 0. The van der Waals surface area contributed by atoms with E-state index in [2.05, 4.69) is 5.32 Å². The van der Waals surface area contributed by atoms with Gasteiger partial charge in [-0.1, -0.05) is 24.3 Å². The lowest BCUT2D eigenvalue weighted by molar-refractivity contribution is -0.200. The number of hydrogen-bond donors (Lipinski definition) is 1. The molecular formula is C21H26FNO3. The van der Waals surface area contributed by atoms with Crippen LogP contribution in [0.5, 0.6) is 5.75 Å². The molecule has 0 aliphatic carbocycles. The molecule has 1 aliphatic rings. The number of nitrogens with one attached hydrogen (secondary N) is 1. The van der Waals surface area contributed by atoms with Crippen LogP contribution in [0.2, 0.25) is 0 Å². The van der Waals surface area contributed by atoms with Crippen molar-refractivity contribution in [2.45, 2.75) is 45.3 Å². The molecule has 1 fully saturated rings. The summed E-state index contributed by atoms with van der Waals surface area (Å²) < 4.78 is 31.0. The molecule has 3 rings (SSSR count). The minimum atomic E-state index is -0.445. The monoisotopic (exact) mass is 359 g/mol. The van der Waals surface area contributed by atoms with Gasteiger partial charge in [0.05, 0.1) is 24.9 Å². The van der Waals surface area contributed by atoms with Crippen LogP contribution in [-0.4, -0.2) is 25.5 Å². The van der Waals surface area contributed by atoms with E-state index in [1.54, 1.807) is 12.1 Å². The smallest absolute Gasteiger partial charge is 0.177 e. The maximum Gasteiger partial charge on any atom is 0.177 e. The van der Waals surface area contributed by atoms with Gasteiger partial charge in [0.2, 0.25) is 0 Å². The van der Waals surface area contributed by atoms with Gasteiger partial charge >= 0.3 is 0 Å². The van der Waals surface area contributed by atoms with Crippen LogP contribution in [-0.2, 0) is 9.47 Å². The van der Waals surface area contributed by atoms with Crippen molar-refractivity contribution in [3.8, 4) is 5.75 Å². The van der Waals surface area contributed by atoms with Crippen LogP contribution in [0, 0.1) is 5.82 Å². The fraction of sp³-hybridized carbons (Fsp3) is 0.429. The van der Waals surface area contributed by atoms with E-state index in [9.17, 15) is 4.39 Å². The summed E-state index contributed by atoms with van der Waals surface area (Å²) in [5.74, 6) is 0.573. The highest BCUT2D eigenvalue weighted by Crippen LogP contribution is 2.29. The van der Waals surface area contributed by atoms with Crippen LogP contribution in [0.25, 0.3) is 0 Å². The second-order valence-electron chi connectivity index (χ2n) is 6.74. The Balaban J connectivity index is 1.72.